The summed E-state index contributed by atoms with van der Waals surface area (Å²) in [5, 5.41) is 4.67. The van der Waals surface area contributed by atoms with Gasteiger partial charge in [0.2, 0.25) is 0 Å². The van der Waals surface area contributed by atoms with Gasteiger partial charge < -0.3 is 14.5 Å². The fourth-order valence-electron chi connectivity index (χ4n) is 4.72. The predicted octanol–water partition coefficient (Wildman–Crippen LogP) is 4.52. The Morgan fingerprint density at radius 1 is 1.24 bits per heavy atom. The summed E-state index contributed by atoms with van der Waals surface area (Å²) in [6.07, 6.45) is 4.19. The maximum Gasteiger partial charge on any atom is 0.157 e. The monoisotopic (exact) mass is 388 g/mol. The van der Waals surface area contributed by atoms with Gasteiger partial charge in [0, 0.05) is 42.3 Å². The molecule has 6 rings (SSSR count). The van der Waals surface area contributed by atoms with Crippen LogP contribution in [0.25, 0.3) is 33.5 Å². The average Bonchev–Trinajstić information content (AvgIpc) is 3.12. The van der Waals surface area contributed by atoms with Crippen LogP contribution in [0.4, 0.5) is 10.1 Å². The second-order valence-electron chi connectivity index (χ2n) is 8.27. The van der Waals surface area contributed by atoms with Gasteiger partial charge in [-0.25, -0.2) is 9.37 Å². The molecule has 3 heterocycles. The molecule has 1 aliphatic heterocycles. The SMILES string of the molecule is Cn1c(-c2cc3ccc4c(c3n2CC2CC2)CCN4)nc2cc(C=O)cc(F)c21. The lowest BCUT2D eigenvalue weighted by atomic mass is 10.1. The Kier molecular flexibility index (Phi) is 3.43. The third-order valence-corrected chi connectivity index (χ3v) is 6.31. The number of nitrogens with one attached hydrogen (secondary N) is 1. The van der Waals surface area contributed by atoms with Gasteiger partial charge in [-0.1, -0.05) is 6.07 Å². The van der Waals surface area contributed by atoms with Crippen molar-refractivity contribution in [2.75, 3.05) is 11.9 Å². The van der Waals surface area contributed by atoms with Crippen LogP contribution in [0.3, 0.4) is 0 Å². The number of carbonyl (C=O) groups is 1. The number of aldehydes is 1. The molecule has 5 nitrogen and oxygen atoms in total. The zero-order chi connectivity index (χ0) is 19.7. The molecule has 4 aromatic rings. The van der Waals surface area contributed by atoms with E-state index in [1.165, 1.54) is 41.1 Å². The number of halogens is 1. The topological polar surface area (TPSA) is 51.9 Å². The molecule has 0 bridgehead atoms. The van der Waals surface area contributed by atoms with Crippen molar-refractivity contribution in [3.05, 3.63) is 47.3 Å². The molecule has 2 aromatic carbocycles. The van der Waals surface area contributed by atoms with Gasteiger partial charge in [-0.3, -0.25) is 4.79 Å². The highest BCUT2D eigenvalue weighted by atomic mass is 19.1. The Morgan fingerprint density at radius 3 is 2.90 bits per heavy atom. The van der Waals surface area contributed by atoms with Crippen molar-refractivity contribution in [2.45, 2.75) is 25.8 Å². The summed E-state index contributed by atoms with van der Waals surface area (Å²) in [6, 6.07) is 9.42. The molecule has 0 spiro atoms. The fraction of sp³-hybridized carbons (Fsp3) is 0.304. The first-order chi connectivity index (χ1) is 14.1. The van der Waals surface area contributed by atoms with E-state index in [-0.39, 0.29) is 0 Å². The number of anilines is 1. The molecule has 29 heavy (non-hydrogen) atoms. The number of imidazole rings is 1. The number of benzene rings is 2. The van der Waals surface area contributed by atoms with Crippen LogP contribution in [-0.2, 0) is 20.0 Å². The second-order valence-corrected chi connectivity index (χ2v) is 8.27. The van der Waals surface area contributed by atoms with Crippen molar-refractivity contribution in [1.82, 2.24) is 14.1 Å². The van der Waals surface area contributed by atoms with Crippen molar-refractivity contribution in [3.63, 3.8) is 0 Å². The summed E-state index contributed by atoms with van der Waals surface area (Å²) in [6.45, 7) is 1.92. The quantitative estimate of drug-likeness (QED) is 0.523. The molecule has 2 aromatic heterocycles. The predicted molar refractivity (Wildman–Crippen MR) is 112 cm³/mol. The largest absolute Gasteiger partial charge is 0.384 e. The highest BCUT2D eigenvalue weighted by Crippen LogP contribution is 2.40. The first kappa shape index (κ1) is 16.8. The first-order valence-electron chi connectivity index (χ1n) is 10.1. The Hall–Kier alpha value is -3.15. The van der Waals surface area contributed by atoms with E-state index in [0.717, 1.165) is 31.0 Å². The lowest BCUT2D eigenvalue weighted by Crippen LogP contribution is -2.06. The highest BCUT2D eigenvalue weighted by Gasteiger charge is 2.28. The van der Waals surface area contributed by atoms with Gasteiger partial charge in [-0.05, 0) is 49.4 Å². The maximum atomic E-state index is 14.7. The summed E-state index contributed by atoms with van der Waals surface area (Å²) in [5.41, 5.74) is 6.12. The molecule has 1 saturated carbocycles. The molecule has 0 amide bonds. The Balaban J connectivity index is 1.64. The van der Waals surface area contributed by atoms with Crippen molar-refractivity contribution in [1.29, 1.82) is 0 Å². The summed E-state index contributed by atoms with van der Waals surface area (Å²) in [4.78, 5) is 15.9. The van der Waals surface area contributed by atoms with E-state index in [1.807, 2.05) is 11.6 Å². The summed E-state index contributed by atoms with van der Waals surface area (Å²) in [5.74, 6) is 1.02. The standard InChI is InChI=1S/C23H21FN4O/c1-27-22-17(24)8-14(12-29)9-19(22)26-23(27)20-10-15-4-5-18-16(6-7-25-18)21(15)28(20)11-13-2-3-13/h4-5,8-10,12-13,25H,2-3,6-7,11H2,1H3. The van der Waals surface area contributed by atoms with E-state index in [4.69, 9.17) is 4.98 Å². The molecule has 1 fully saturated rings. The molecule has 146 valence electrons. The molecule has 6 heteroatoms. The van der Waals surface area contributed by atoms with Crippen molar-refractivity contribution >= 4 is 33.9 Å². The van der Waals surface area contributed by atoms with Gasteiger partial charge in [-0.2, -0.15) is 0 Å². The van der Waals surface area contributed by atoms with Gasteiger partial charge in [0.1, 0.15) is 17.6 Å². The smallest absolute Gasteiger partial charge is 0.157 e. The Labute approximate surface area is 167 Å². The van der Waals surface area contributed by atoms with Crippen LogP contribution in [-0.4, -0.2) is 26.9 Å². The minimum Gasteiger partial charge on any atom is -0.384 e. The molecule has 1 N–H and O–H groups in total. The van der Waals surface area contributed by atoms with E-state index in [2.05, 4.69) is 28.1 Å². The zero-order valence-electron chi connectivity index (χ0n) is 16.2. The number of carbonyl (C=O) groups excluding carboxylic acids is 1. The van der Waals surface area contributed by atoms with Crippen molar-refractivity contribution in [3.8, 4) is 11.5 Å². The Morgan fingerprint density at radius 2 is 2.10 bits per heavy atom. The Bertz CT molecular complexity index is 1310. The van der Waals surface area contributed by atoms with E-state index in [9.17, 15) is 9.18 Å². The average molecular weight is 388 g/mol. The minimum absolute atomic E-state index is 0.307. The van der Waals surface area contributed by atoms with Crippen LogP contribution in [0.1, 0.15) is 28.8 Å². The van der Waals surface area contributed by atoms with Crippen LogP contribution in [0.15, 0.2) is 30.3 Å². The molecule has 0 radical (unpaired) electrons. The molecular formula is C23H21FN4O. The molecule has 1 aliphatic carbocycles. The van der Waals surface area contributed by atoms with Gasteiger partial charge >= 0.3 is 0 Å². The third kappa shape index (κ3) is 2.44. The van der Waals surface area contributed by atoms with Crippen molar-refractivity contribution in [2.24, 2.45) is 13.0 Å². The number of fused-ring (bicyclic) bond motifs is 4. The number of aryl methyl sites for hydroxylation is 1. The molecule has 0 atom stereocenters. The summed E-state index contributed by atoms with van der Waals surface area (Å²) < 4.78 is 18.9. The first-order valence-corrected chi connectivity index (χ1v) is 10.1. The van der Waals surface area contributed by atoms with Crippen LogP contribution >= 0.6 is 0 Å². The van der Waals surface area contributed by atoms with Crippen LogP contribution < -0.4 is 5.32 Å². The second kappa shape index (κ2) is 5.92. The number of rotatable bonds is 4. The third-order valence-electron chi connectivity index (χ3n) is 6.31. The van der Waals surface area contributed by atoms with Gasteiger partial charge in [0.15, 0.2) is 5.82 Å². The fourth-order valence-corrected chi connectivity index (χ4v) is 4.72. The van der Waals surface area contributed by atoms with Crippen molar-refractivity contribution < 1.29 is 9.18 Å². The van der Waals surface area contributed by atoms with E-state index in [0.29, 0.717) is 28.8 Å². The highest BCUT2D eigenvalue weighted by molar-refractivity contribution is 5.94. The normalized spacial score (nSPS) is 15.8. The van der Waals surface area contributed by atoms with E-state index >= 15 is 0 Å². The van der Waals surface area contributed by atoms with Gasteiger partial charge in [0.25, 0.3) is 0 Å². The van der Waals surface area contributed by atoms with E-state index in [1.54, 1.807) is 6.07 Å². The van der Waals surface area contributed by atoms with E-state index < -0.39 is 5.82 Å². The maximum absolute atomic E-state index is 14.7. The lowest BCUT2D eigenvalue weighted by Gasteiger charge is -2.12. The molecule has 0 saturated heterocycles. The number of nitrogens with zero attached hydrogens (tertiary/aromatic N) is 3. The summed E-state index contributed by atoms with van der Waals surface area (Å²) >= 11 is 0. The molecule has 2 aliphatic rings. The zero-order valence-corrected chi connectivity index (χ0v) is 16.2. The molecule has 0 unspecified atom stereocenters. The van der Waals surface area contributed by atoms with Gasteiger partial charge in [-0.15, -0.1) is 0 Å². The number of aromatic nitrogens is 3. The van der Waals surface area contributed by atoms with Gasteiger partial charge in [0.05, 0.1) is 16.7 Å². The minimum atomic E-state index is -0.416. The van der Waals surface area contributed by atoms with Crippen LogP contribution in [0.5, 0.6) is 0 Å². The summed E-state index contributed by atoms with van der Waals surface area (Å²) in [7, 11) is 1.85. The lowest BCUT2D eigenvalue weighted by molar-refractivity contribution is 0.112. The van der Waals surface area contributed by atoms with Crippen LogP contribution in [0, 0.1) is 11.7 Å². The van der Waals surface area contributed by atoms with Crippen LogP contribution in [0.2, 0.25) is 0 Å². The number of hydrogen-bond donors (Lipinski definition) is 1. The number of hydrogen-bond acceptors (Lipinski definition) is 3. The molecular weight excluding hydrogens is 367 g/mol.